The fourth-order valence-electron chi connectivity index (χ4n) is 2.65. The van der Waals surface area contributed by atoms with E-state index in [1.807, 2.05) is 18.2 Å². The van der Waals surface area contributed by atoms with Gasteiger partial charge in [-0.05, 0) is 37.1 Å². The average Bonchev–Trinajstić information content (AvgIpc) is 2.47. The van der Waals surface area contributed by atoms with Gasteiger partial charge in [0.05, 0.1) is 20.1 Å². The van der Waals surface area contributed by atoms with Crippen molar-refractivity contribution < 1.29 is 14.3 Å². The van der Waals surface area contributed by atoms with Crippen molar-refractivity contribution in [1.29, 1.82) is 0 Å². The van der Waals surface area contributed by atoms with E-state index in [9.17, 15) is 4.79 Å². The van der Waals surface area contributed by atoms with Gasteiger partial charge in [-0.2, -0.15) is 0 Å². The minimum Gasteiger partial charge on any atom is -0.497 e. The lowest BCUT2D eigenvalue weighted by molar-refractivity contribution is -0.123. The first kappa shape index (κ1) is 14.7. The number of nitrogens with zero attached hydrogens (tertiary/aromatic N) is 1. The molecule has 1 fully saturated rings. The number of hydrogen-bond donors (Lipinski definition) is 1. The Morgan fingerprint density at radius 3 is 2.50 bits per heavy atom. The van der Waals surface area contributed by atoms with Crippen LogP contribution in [0.3, 0.4) is 0 Å². The molecule has 1 aromatic carbocycles. The highest BCUT2D eigenvalue weighted by atomic mass is 16.5. The Labute approximate surface area is 119 Å². The number of likely N-dealkylation sites (tertiary alicyclic amines) is 1. The van der Waals surface area contributed by atoms with Gasteiger partial charge in [0, 0.05) is 19.2 Å². The van der Waals surface area contributed by atoms with Gasteiger partial charge >= 0.3 is 0 Å². The molecular formula is C15H22N2O3. The summed E-state index contributed by atoms with van der Waals surface area (Å²) in [5.41, 5.74) is 6.53. The number of piperidine rings is 1. The zero-order valence-corrected chi connectivity index (χ0v) is 12.1. The summed E-state index contributed by atoms with van der Waals surface area (Å²) >= 11 is 0. The third-order valence-corrected chi connectivity index (χ3v) is 3.73. The van der Waals surface area contributed by atoms with Crippen LogP contribution >= 0.6 is 0 Å². The Morgan fingerprint density at radius 1 is 1.30 bits per heavy atom. The molecule has 0 aliphatic carbocycles. The highest BCUT2D eigenvalue weighted by molar-refractivity contribution is 5.76. The molecule has 2 rings (SSSR count). The summed E-state index contributed by atoms with van der Waals surface area (Å²) in [6, 6.07) is 5.85. The molecule has 1 amide bonds. The predicted octanol–water partition coefficient (Wildman–Crippen LogP) is 1.40. The molecule has 1 unspecified atom stereocenters. The second-order valence-corrected chi connectivity index (χ2v) is 5.20. The van der Waals surface area contributed by atoms with E-state index in [1.165, 1.54) is 0 Å². The van der Waals surface area contributed by atoms with Crippen molar-refractivity contribution in [1.82, 2.24) is 4.90 Å². The van der Waals surface area contributed by atoms with Gasteiger partial charge in [0.15, 0.2) is 0 Å². The highest BCUT2D eigenvalue weighted by Gasteiger charge is 2.24. The topological polar surface area (TPSA) is 64.8 Å². The van der Waals surface area contributed by atoms with Crippen molar-refractivity contribution in [3.63, 3.8) is 0 Å². The maximum atomic E-state index is 11.3. The van der Waals surface area contributed by atoms with Gasteiger partial charge in [0.2, 0.25) is 5.91 Å². The average molecular weight is 278 g/mol. The van der Waals surface area contributed by atoms with Crippen molar-refractivity contribution in [2.24, 2.45) is 11.7 Å². The van der Waals surface area contributed by atoms with E-state index >= 15 is 0 Å². The number of nitrogens with two attached hydrogens (primary N) is 1. The minimum absolute atomic E-state index is 0.0312. The maximum absolute atomic E-state index is 11.3. The number of benzene rings is 1. The summed E-state index contributed by atoms with van der Waals surface area (Å²) in [7, 11) is 3.28. The second kappa shape index (κ2) is 6.61. The Bertz CT molecular complexity index is 454. The van der Waals surface area contributed by atoms with Gasteiger partial charge < -0.3 is 15.2 Å². The van der Waals surface area contributed by atoms with Crippen molar-refractivity contribution in [3.05, 3.63) is 23.8 Å². The Morgan fingerprint density at radius 2 is 1.95 bits per heavy atom. The van der Waals surface area contributed by atoms with E-state index in [0.717, 1.165) is 49.5 Å². The molecule has 5 heteroatoms. The van der Waals surface area contributed by atoms with Crippen molar-refractivity contribution >= 4 is 5.91 Å². The fourth-order valence-corrected chi connectivity index (χ4v) is 2.65. The molecule has 0 spiro atoms. The fraction of sp³-hybridized carbons (Fsp3) is 0.533. The lowest BCUT2D eigenvalue weighted by Gasteiger charge is -2.31. The van der Waals surface area contributed by atoms with E-state index in [2.05, 4.69) is 4.90 Å². The number of methoxy groups -OCH3 is 2. The lowest BCUT2D eigenvalue weighted by atomic mass is 9.97. The summed E-state index contributed by atoms with van der Waals surface area (Å²) in [5.74, 6) is 1.33. The molecule has 0 aromatic heterocycles. The van der Waals surface area contributed by atoms with Crippen LogP contribution in [0.25, 0.3) is 0 Å². The standard InChI is InChI=1S/C15H22N2O3/c1-19-13-6-11(7-14(8-13)20-2)9-17-5-3-4-12(10-17)15(16)18/h6-8,12H,3-5,9-10H2,1-2H3,(H2,16,18). The molecule has 1 aliphatic rings. The molecule has 1 heterocycles. The molecule has 0 saturated carbocycles. The predicted molar refractivity (Wildman–Crippen MR) is 76.7 cm³/mol. The lowest BCUT2D eigenvalue weighted by Crippen LogP contribution is -2.40. The van der Waals surface area contributed by atoms with E-state index in [-0.39, 0.29) is 11.8 Å². The molecule has 1 aliphatic heterocycles. The number of carbonyl (C=O) groups excluding carboxylic acids is 1. The molecule has 2 N–H and O–H groups in total. The van der Waals surface area contributed by atoms with Crippen LogP contribution in [0, 0.1) is 5.92 Å². The third kappa shape index (κ3) is 3.63. The van der Waals surface area contributed by atoms with Crippen LogP contribution in [-0.2, 0) is 11.3 Å². The number of hydrogen-bond acceptors (Lipinski definition) is 4. The van der Waals surface area contributed by atoms with Crippen molar-refractivity contribution in [3.8, 4) is 11.5 Å². The Hall–Kier alpha value is -1.75. The smallest absolute Gasteiger partial charge is 0.221 e. The van der Waals surface area contributed by atoms with E-state index < -0.39 is 0 Å². The first-order chi connectivity index (χ1) is 9.62. The quantitative estimate of drug-likeness (QED) is 0.884. The van der Waals surface area contributed by atoms with Crippen LogP contribution < -0.4 is 15.2 Å². The number of amides is 1. The van der Waals surface area contributed by atoms with E-state index in [4.69, 9.17) is 15.2 Å². The van der Waals surface area contributed by atoms with Crippen LogP contribution in [0.5, 0.6) is 11.5 Å². The number of rotatable bonds is 5. The summed E-state index contributed by atoms with van der Waals surface area (Å²) in [6.45, 7) is 2.50. The van der Waals surface area contributed by atoms with Crippen molar-refractivity contribution in [2.45, 2.75) is 19.4 Å². The molecular weight excluding hydrogens is 256 g/mol. The van der Waals surface area contributed by atoms with Crippen molar-refractivity contribution in [2.75, 3.05) is 27.3 Å². The van der Waals surface area contributed by atoms with Crippen LogP contribution in [0.2, 0.25) is 0 Å². The normalized spacial score (nSPS) is 19.6. The summed E-state index contributed by atoms with van der Waals surface area (Å²) in [4.78, 5) is 13.6. The van der Waals surface area contributed by atoms with Gasteiger partial charge in [-0.3, -0.25) is 9.69 Å². The molecule has 1 atom stereocenters. The summed E-state index contributed by atoms with van der Waals surface area (Å²) in [5, 5.41) is 0. The first-order valence-electron chi connectivity index (χ1n) is 6.86. The van der Waals surface area contributed by atoms with Gasteiger partial charge in [-0.15, -0.1) is 0 Å². The third-order valence-electron chi connectivity index (χ3n) is 3.73. The zero-order valence-electron chi connectivity index (χ0n) is 12.1. The summed E-state index contributed by atoms with van der Waals surface area (Å²) in [6.07, 6.45) is 1.90. The monoisotopic (exact) mass is 278 g/mol. The zero-order chi connectivity index (χ0) is 14.5. The van der Waals surface area contributed by atoms with Gasteiger partial charge in [0.1, 0.15) is 11.5 Å². The van der Waals surface area contributed by atoms with Crippen LogP contribution in [-0.4, -0.2) is 38.1 Å². The van der Waals surface area contributed by atoms with E-state index in [0.29, 0.717) is 0 Å². The molecule has 5 nitrogen and oxygen atoms in total. The molecule has 1 saturated heterocycles. The molecule has 0 bridgehead atoms. The van der Waals surface area contributed by atoms with Crippen LogP contribution in [0.1, 0.15) is 18.4 Å². The van der Waals surface area contributed by atoms with Gasteiger partial charge in [-0.25, -0.2) is 0 Å². The maximum Gasteiger partial charge on any atom is 0.221 e. The molecule has 110 valence electrons. The molecule has 0 radical (unpaired) electrons. The summed E-state index contributed by atoms with van der Waals surface area (Å²) < 4.78 is 10.5. The van der Waals surface area contributed by atoms with E-state index in [1.54, 1.807) is 14.2 Å². The van der Waals surface area contributed by atoms with Gasteiger partial charge in [-0.1, -0.05) is 0 Å². The van der Waals surface area contributed by atoms with Gasteiger partial charge in [0.25, 0.3) is 0 Å². The second-order valence-electron chi connectivity index (χ2n) is 5.20. The number of carbonyl (C=O) groups is 1. The number of primary amides is 1. The first-order valence-corrected chi connectivity index (χ1v) is 6.86. The van der Waals surface area contributed by atoms with Crippen LogP contribution in [0.4, 0.5) is 0 Å². The van der Waals surface area contributed by atoms with Crippen LogP contribution in [0.15, 0.2) is 18.2 Å². The molecule has 20 heavy (non-hydrogen) atoms. The SMILES string of the molecule is COc1cc(CN2CCCC(C(N)=O)C2)cc(OC)c1. The molecule has 1 aromatic rings. The highest BCUT2D eigenvalue weighted by Crippen LogP contribution is 2.25. The Balaban J connectivity index is 2.07. The number of ether oxygens (including phenoxy) is 2. The minimum atomic E-state index is -0.196. The largest absolute Gasteiger partial charge is 0.497 e. The Kier molecular flexibility index (Phi) is 4.84.